The van der Waals surface area contributed by atoms with Crippen LogP contribution in [0.1, 0.15) is 11.1 Å². The average molecular weight is 410 g/mol. The quantitative estimate of drug-likeness (QED) is 0.588. The Kier molecular flexibility index (Phi) is 6.26. The number of nitrogens with zero attached hydrogens (tertiary/aromatic N) is 2. The zero-order valence-electron chi connectivity index (χ0n) is 16.0. The zero-order chi connectivity index (χ0) is 21.0. The van der Waals surface area contributed by atoms with Crippen molar-refractivity contribution >= 4 is 11.4 Å². The number of hydrogen-bond acceptors (Lipinski definition) is 4. The van der Waals surface area contributed by atoms with Crippen molar-refractivity contribution in [1.29, 1.82) is 0 Å². The summed E-state index contributed by atoms with van der Waals surface area (Å²) in [5.74, 6) is 0.813. The van der Waals surface area contributed by atoms with Gasteiger partial charge in [-0.3, -0.25) is 10.1 Å². The standard InChI is InChI=1S/C20H22F3N3O3/c1-29-17-5-2-15(3-6-17)8-9-24-10-12-25(13-11-24)18-7-4-16(20(21,22)23)14-19(18)26(27)28/h2-7,14H,8-13H2,1H3/p+1. The summed E-state index contributed by atoms with van der Waals surface area (Å²) in [6, 6.07) is 10.6. The van der Waals surface area contributed by atoms with Gasteiger partial charge in [-0.2, -0.15) is 13.2 Å². The number of nitro groups is 1. The first kappa shape index (κ1) is 20.9. The maximum atomic E-state index is 12.9. The number of benzene rings is 2. The van der Waals surface area contributed by atoms with Crippen LogP contribution < -0.4 is 14.5 Å². The molecular weight excluding hydrogens is 387 g/mol. The number of rotatable bonds is 6. The molecule has 1 heterocycles. The SMILES string of the molecule is COc1ccc(CC[NH+]2CCN(c3ccc(C(F)(F)F)cc3[N+](=O)[O-])CC2)cc1. The Balaban J connectivity index is 1.60. The third kappa shape index (κ3) is 5.17. The second-order valence-corrected chi connectivity index (χ2v) is 7.04. The summed E-state index contributed by atoms with van der Waals surface area (Å²) >= 11 is 0. The molecule has 0 radical (unpaired) electrons. The summed E-state index contributed by atoms with van der Waals surface area (Å²) in [6.45, 7) is 3.59. The molecule has 29 heavy (non-hydrogen) atoms. The first-order chi connectivity index (χ1) is 13.8. The second kappa shape index (κ2) is 8.69. The molecule has 1 aliphatic heterocycles. The summed E-state index contributed by atoms with van der Waals surface area (Å²) in [4.78, 5) is 13.7. The van der Waals surface area contributed by atoms with Crippen LogP contribution in [0.3, 0.4) is 0 Å². The van der Waals surface area contributed by atoms with Gasteiger partial charge in [-0.05, 0) is 29.8 Å². The molecule has 0 aliphatic carbocycles. The highest BCUT2D eigenvalue weighted by molar-refractivity contribution is 5.64. The van der Waals surface area contributed by atoms with Crippen LogP contribution in [0.15, 0.2) is 42.5 Å². The van der Waals surface area contributed by atoms with Gasteiger partial charge in [-0.25, -0.2) is 0 Å². The van der Waals surface area contributed by atoms with Crippen molar-refractivity contribution < 1.29 is 27.7 Å². The van der Waals surface area contributed by atoms with Gasteiger partial charge in [0.1, 0.15) is 11.4 Å². The number of hydrogen-bond donors (Lipinski definition) is 1. The summed E-state index contributed by atoms with van der Waals surface area (Å²) in [5, 5.41) is 11.3. The Morgan fingerprint density at radius 2 is 1.79 bits per heavy atom. The summed E-state index contributed by atoms with van der Waals surface area (Å²) in [7, 11) is 1.62. The fourth-order valence-corrected chi connectivity index (χ4v) is 3.54. The molecule has 9 heteroatoms. The number of methoxy groups -OCH3 is 1. The highest BCUT2D eigenvalue weighted by Crippen LogP contribution is 2.36. The largest absolute Gasteiger partial charge is 0.497 e. The summed E-state index contributed by atoms with van der Waals surface area (Å²) < 4.78 is 43.8. The molecule has 0 unspecified atom stereocenters. The minimum atomic E-state index is -4.60. The van der Waals surface area contributed by atoms with E-state index in [4.69, 9.17) is 4.74 Å². The van der Waals surface area contributed by atoms with Gasteiger partial charge in [0, 0.05) is 12.5 Å². The van der Waals surface area contributed by atoms with Gasteiger partial charge in [-0.1, -0.05) is 12.1 Å². The Hall–Kier alpha value is -2.81. The van der Waals surface area contributed by atoms with Crippen LogP contribution >= 0.6 is 0 Å². The lowest BCUT2D eigenvalue weighted by Gasteiger charge is -2.33. The molecule has 0 aromatic heterocycles. The van der Waals surface area contributed by atoms with Crippen molar-refractivity contribution in [2.24, 2.45) is 0 Å². The molecule has 1 aliphatic rings. The molecule has 0 atom stereocenters. The molecule has 0 saturated carbocycles. The van der Waals surface area contributed by atoms with E-state index in [1.54, 1.807) is 12.0 Å². The monoisotopic (exact) mass is 410 g/mol. The Morgan fingerprint density at radius 1 is 1.14 bits per heavy atom. The van der Waals surface area contributed by atoms with E-state index in [-0.39, 0.29) is 5.69 Å². The lowest BCUT2D eigenvalue weighted by Crippen LogP contribution is -3.15. The molecule has 2 aromatic carbocycles. The van der Waals surface area contributed by atoms with Crippen LogP contribution in [0.5, 0.6) is 5.75 Å². The van der Waals surface area contributed by atoms with Crippen molar-refractivity contribution in [3.8, 4) is 5.75 Å². The van der Waals surface area contributed by atoms with Gasteiger partial charge in [0.25, 0.3) is 5.69 Å². The fourth-order valence-electron chi connectivity index (χ4n) is 3.54. The summed E-state index contributed by atoms with van der Waals surface area (Å²) in [5.41, 5.74) is -0.0467. The molecule has 3 rings (SSSR count). The lowest BCUT2D eigenvalue weighted by molar-refractivity contribution is -0.900. The number of nitro benzene ring substituents is 1. The zero-order valence-corrected chi connectivity index (χ0v) is 16.0. The molecule has 2 aromatic rings. The number of anilines is 1. The summed E-state index contributed by atoms with van der Waals surface area (Å²) in [6.07, 6.45) is -3.70. The van der Waals surface area contributed by atoms with E-state index >= 15 is 0 Å². The minimum absolute atomic E-state index is 0.247. The van der Waals surface area contributed by atoms with Gasteiger partial charge in [0.2, 0.25) is 0 Å². The number of quaternary nitrogens is 1. The molecule has 0 bridgehead atoms. The molecule has 156 valence electrons. The fraction of sp³-hybridized carbons (Fsp3) is 0.400. The molecule has 1 saturated heterocycles. The van der Waals surface area contributed by atoms with E-state index < -0.39 is 22.4 Å². The van der Waals surface area contributed by atoms with Crippen molar-refractivity contribution in [2.75, 3.05) is 44.7 Å². The molecule has 6 nitrogen and oxygen atoms in total. The molecule has 1 N–H and O–H groups in total. The van der Waals surface area contributed by atoms with Crippen LogP contribution in [0.25, 0.3) is 0 Å². The average Bonchev–Trinajstić information content (AvgIpc) is 2.72. The van der Waals surface area contributed by atoms with E-state index in [0.717, 1.165) is 37.9 Å². The van der Waals surface area contributed by atoms with E-state index in [0.29, 0.717) is 19.2 Å². The Labute approximate surface area is 166 Å². The van der Waals surface area contributed by atoms with Crippen molar-refractivity contribution in [2.45, 2.75) is 12.6 Å². The predicted molar refractivity (Wildman–Crippen MR) is 103 cm³/mol. The van der Waals surface area contributed by atoms with Crippen LogP contribution in [0.2, 0.25) is 0 Å². The molecule has 1 fully saturated rings. The number of nitrogens with one attached hydrogen (secondary N) is 1. The molecule has 0 spiro atoms. The van der Waals surface area contributed by atoms with Crippen molar-refractivity contribution in [1.82, 2.24) is 0 Å². The van der Waals surface area contributed by atoms with Crippen LogP contribution in [-0.2, 0) is 12.6 Å². The highest BCUT2D eigenvalue weighted by Gasteiger charge is 2.34. The van der Waals surface area contributed by atoms with E-state index in [9.17, 15) is 23.3 Å². The number of ether oxygens (including phenoxy) is 1. The van der Waals surface area contributed by atoms with Gasteiger partial charge in [0.05, 0.1) is 50.3 Å². The van der Waals surface area contributed by atoms with Crippen LogP contribution in [-0.4, -0.2) is 44.8 Å². The van der Waals surface area contributed by atoms with E-state index in [1.165, 1.54) is 16.5 Å². The normalized spacial score (nSPS) is 15.4. The molecule has 0 amide bonds. The number of piperazine rings is 1. The van der Waals surface area contributed by atoms with Gasteiger partial charge >= 0.3 is 6.18 Å². The van der Waals surface area contributed by atoms with Crippen molar-refractivity contribution in [3.05, 3.63) is 63.7 Å². The van der Waals surface area contributed by atoms with E-state index in [1.807, 2.05) is 24.3 Å². The topological polar surface area (TPSA) is 60.0 Å². The first-order valence-electron chi connectivity index (χ1n) is 9.35. The Morgan fingerprint density at radius 3 is 2.34 bits per heavy atom. The van der Waals surface area contributed by atoms with Crippen LogP contribution in [0, 0.1) is 10.1 Å². The van der Waals surface area contributed by atoms with Gasteiger partial charge < -0.3 is 14.5 Å². The van der Waals surface area contributed by atoms with E-state index in [2.05, 4.69) is 0 Å². The third-order valence-electron chi connectivity index (χ3n) is 5.24. The highest BCUT2D eigenvalue weighted by atomic mass is 19.4. The van der Waals surface area contributed by atoms with Crippen LogP contribution in [0.4, 0.5) is 24.5 Å². The third-order valence-corrected chi connectivity index (χ3v) is 5.24. The second-order valence-electron chi connectivity index (χ2n) is 7.04. The number of alkyl halides is 3. The van der Waals surface area contributed by atoms with Crippen molar-refractivity contribution in [3.63, 3.8) is 0 Å². The smallest absolute Gasteiger partial charge is 0.416 e. The predicted octanol–water partition coefficient (Wildman–Crippen LogP) is 2.57. The maximum Gasteiger partial charge on any atom is 0.416 e. The first-order valence-corrected chi connectivity index (χ1v) is 9.35. The van der Waals surface area contributed by atoms with Gasteiger partial charge in [-0.15, -0.1) is 0 Å². The van der Waals surface area contributed by atoms with Gasteiger partial charge in [0.15, 0.2) is 0 Å². The Bertz CT molecular complexity index is 848. The maximum absolute atomic E-state index is 12.9. The minimum Gasteiger partial charge on any atom is -0.497 e. The molecular formula is C20H23F3N3O3+. The lowest BCUT2D eigenvalue weighted by atomic mass is 10.1. The number of halogens is 3.